The average Bonchev–Trinajstić information content (AvgIpc) is 2.80. The van der Waals surface area contributed by atoms with E-state index in [2.05, 4.69) is 31.4 Å². The average molecular weight is 507 g/mol. The van der Waals surface area contributed by atoms with E-state index < -0.39 is 0 Å². The molecule has 3 aromatic carbocycles. The van der Waals surface area contributed by atoms with Crippen LogP contribution in [0.15, 0.2) is 92.3 Å². The number of nitrogens with one attached hydrogen (secondary N) is 1. The third-order valence-corrected chi connectivity index (χ3v) is 6.11. The molecule has 0 radical (unpaired) electrons. The maximum Gasteiger partial charge on any atom is 0.266 e. The summed E-state index contributed by atoms with van der Waals surface area (Å²) in [4.78, 5) is 30.2. The molecule has 0 fully saturated rings. The number of thioether (sulfide) groups is 1. The molecule has 6 nitrogen and oxygen atoms in total. The highest BCUT2D eigenvalue weighted by atomic mass is 79.9. The van der Waals surface area contributed by atoms with Crippen LogP contribution in [0.25, 0.3) is 16.6 Å². The first-order valence-electron chi connectivity index (χ1n) is 9.80. The monoisotopic (exact) mass is 506 g/mol. The summed E-state index contributed by atoms with van der Waals surface area (Å²) in [6, 6.07) is 22.4. The molecule has 0 bridgehead atoms. The summed E-state index contributed by atoms with van der Waals surface area (Å²) < 4.78 is 2.44. The number of carbonyl (C=O) groups excluding carboxylic acids is 1. The van der Waals surface area contributed by atoms with Crippen LogP contribution in [0.1, 0.15) is 11.1 Å². The SMILES string of the molecule is Cc1ccc(/C=N/NC(=O)CSc2nc3ccccc3c(=O)n2-c2ccc(Br)cc2)cc1. The van der Waals surface area contributed by atoms with Gasteiger partial charge in [-0.1, -0.05) is 69.7 Å². The van der Waals surface area contributed by atoms with Crippen LogP contribution in [0.2, 0.25) is 0 Å². The first-order valence-corrected chi connectivity index (χ1v) is 11.6. The summed E-state index contributed by atoms with van der Waals surface area (Å²) in [5.41, 5.74) is 5.65. The van der Waals surface area contributed by atoms with Gasteiger partial charge in [0.05, 0.1) is 28.6 Å². The van der Waals surface area contributed by atoms with E-state index in [9.17, 15) is 9.59 Å². The second-order valence-electron chi connectivity index (χ2n) is 7.02. The zero-order valence-electron chi connectivity index (χ0n) is 17.2. The number of aryl methyl sites for hydroxylation is 1. The third-order valence-electron chi connectivity index (χ3n) is 4.64. The van der Waals surface area contributed by atoms with E-state index in [1.54, 1.807) is 18.3 Å². The highest BCUT2D eigenvalue weighted by Gasteiger charge is 2.14. The molecule has 32 heavy (non-hydrogen) atoms. The summed E-state index contributed by atoms with van der Waals surface area (Å²) >= 11 is 4.60. The number of para-hydroxylation sites is 1. The second-order valence-corrected chi connectivity index (χ2v) is 8.88. The van der Waals surface area contributed by atoms with Crippen molar-refractivity contribution in [1.29, 1.82) is 0 Å². The molecule has 0 aliphatic rings. The number of fused-ring (bicyclic) bond motifs is 1. The fourth-order valence-corrected chi connectivity index (χ4v) is 4.09. The second kappa shape index (κ2) is 9.93. The van der Waals surface area contributed by atoms with Crippen molar-refractivity contribution in [3.8, 4) is 5.69 Å². The van der Waals surface area contributed by atoms with Gasteiger partial charge in [-0.3, -0.25) is 14.2 Å². The minimum Gasteiger partial charge on any atom is -0.272 e. The fourth-order valence-electron chi connectivity index (χ4n) is 3.02. The highest BCUT2D eigenvalue weighted by Crippen LogP contribution is 2.22. The standard InChI is InChI=1S/C24H19BrN4O2S/c1-16-6-8-17(9-7-16)14-26-28-22(30)15-32-24-27-21-5-3-2-4-20(21)23(31)29(24)19-12-10-18(25)11-13-19/h2-14H,15H2,1H3,(H,28,30)/b26-14+. The molecule has 0 aliphatic carbocycles. The van der Waals surface area contributed by atoms with Gasteiger partial charge in [-0.15, -0.1) is 0 Å². The molecule has 8 heteroatoms. The predicted molar refractivity (Wildman–Crippen MR) is 133 cm³/mol. The molecule has 160 valence electrons. The maximum absolute atomic E-state index is 13.2. The Labute approximate surface area is 197 Å². The number of hydrogen-bond donors (Lipinski definition) is 1. The summed E-state index contributed by atoms with van der Waals surface area (Å²) in [5.74, 6) is -0.227. The Hall–Kier alpha value is -3.23. The van der Waals surface area contributed by atoms with Crippen molar-refractivity contribution in [2.45, 2.75) is 12.1 Å². The van der Waals surface area contributed by atoms with Gasteiger partial charge in [0, 0.05) is 4.47 Å². The highest BCUT2D eigenvalue weighted by molar-refractivity contribution is 9.10. The van der Waals surface area contributed by atoms with Crippen molar-refractivity contribution in [2.24, 2.45) is 5.10 Å². The number of benzene rings is 3. The molecule has 0 aliphatic heterocycles. The molecular weight excluding hydrogens is 488 g/mol. The minimum absolute atomic E-state index is 0.0620. The van der Waals surface area contributed by atoms with E-state index in [1.165, 1.54) is 16.3 Å². The Kier molecular flexibility index (Phi) is 6.82. The summed E-state index contributed by atoms with van der Waals surface area (Å²) in [5, 5.41) is 4.97. The number of nitrogens with zero attached hydrogens (tertiary/aromatic N) is 3. The maximum atomic E-state index is 13.2. The van der Waals surface area contributed by atoms with Crippen molar-refractivity contribution < 1.29 is 4.79 Å². The Morgan fingerprint density at radius 2 is 1.81 bits per heavy atom. The topological polar surface area (TPSA) is 76.3 Å². The van der Waals surface area contributed by atoms with Crippen LogP contribution in [0.4, 0.5) is 0 Å². The zero-order valence-corrected chi connectivity index (χ0v) is 19.6. The van der Waals surface area contributed by atoms with Gasteiger partial charge in [-0.25, -0.2) is 10.4 Å². The molecule has 4 aromatic rings. The first kappa shape index (κ1) is 22.0. The Bertz CT molecular complexity index is 1350. The van der Waals surface area contributed by atoms with Crippen LogP contribution in [-0.2, 0) is 4.79 Å². The Morgan fingerprint density at radius 3 is 2.56 bits per heavy atom. The normalized spacial score (nSPS) is 11.2. The molecule has 1 N–H and O–H groups in total. The van der Waals surface area contributed by atoms with Gasteiger partial charge < -0.3 is 0 Å². The van der Waals surface area contributed by atoms with Gasteiger partial charge in [0.25, 0.3) is 11.5 Å². The van der Waals surface area contributed by atoms with Crippen molar-refractivity contribution in [1.82, 2.24) is 15.0 Å². The van der Waals surface area contributed by atoms with E-state index >= 15 is 0 Å². The lowest BCUT2D eigenvalue weighted by Gasteiger charge is -2.13. The van der Waals surface area contributed by atoms with Crippen molar-refractivity contribution >= 4 is 50.7 Å². The van der Waals surface area contributed by atoms with Crippen LogP contribution in [0.3, 0.4) is 0 Å². The fraction of sp³-hybridized carbons (Fsp3) is 0.0833. The van der Waals surface area contributed by atoms with Crippen LogP contribution in [-0.4, -0.2) is 27.4 Å². The molecule has 0 saturated heterocycles. The van der Waals surface area contributed by atoms with Gasteiger partial charge in [-0.2, -0.15) is 5.10 Å². The Balaban J connectivity index is 1.56. The number of halogens is 1. The van der Waals surface area contributed by atoms with E-state index in [0.29, 0.717) is 21.7 Å². The number of hydrogen-bond acceptors (Lipinski definition) is 5. The molecule has 0 spiro atoms. The van der Waals surface area contributed by atoms with Crippen LogP contribution in [0.5, 0.6) is 0 Å². The van der Waals surface area contributed by atoms with Crippen molar-refractivity contribution in [3.63, 3.8) is 0 Å². The van der Waals surface area contributed by atoms with Crippen molar-refractivity contribution in [2.75, 3.05) is 5.75 Å². The number of hydrazone groups is 1. The molecular formula is C24H19BrN4O2S. The van der Waals surface area contributed by atoms with E-state index in [1.807, 2.05) is 67.6 Å². The quantitative estimate of drug-likeness (QED) is 0.178. The number of rotatable bonds is 6. The number of amides is 1. The van der Waals surface area contributed by atoms with Crippen LogP contribution < -0.4 is 11.0 Å². The molecule has 0 atom stereocenters. The lowest BCUT2D eigenvalue weighted by molar-refractivity contribution is -0.118. The third kappa shape index (κ3) is 5.15. The van der Waals surface area contributed by atoms with Crippen LogP contribution in [0, 0.1) is 6.92 Å². The largest absolute Gasteiger partial charge is 0.272 e. The summed E-state index contributed by atoms with van der Waals surface area (Å²) in [6.45, 7) is 2.01. The van der Waals surface area contributed by atoms with E-state index in [4.69, 9.17) is 0 Å². The van der Waals surface area contributed by atoms with Crippen molar-refractivity contribution in [3.05, 3.63) is 98.7 Å². The first-order chi connectivity index (χ1) is 15.5. The summed E-state index contributed by atoms with van der Waals surface area (Å²) in [7, 11) is 0. The zero-order chi connectivity index (χ0) is 22.5. The van der Waals surface area contributed by atoms with Gasteiger partial charge >= 0.3 is 0 Å². The molecule has 1 aromatic heterocycles. The Morgan fingerprint density at radius 1 is 1.09 bits per heavy atom. The predicted octanol–water partition coefficient (Wildman–Crippen LogP) is 4.70. The molecule has 0 saturated carbocycles. The molecule has 1 amide bonds. The lowest BCUT2D eigenvalue weighted by Crippen LogP contribution is -2.24. The lowest BCUT2D eigenvalue weighted by atomic mass is 10.2. The molecule has 4 rings (SSSR count). The summed E-state index contributed by atoms with van der Waals surface area (Å²) in [6.07, 6.45) is 1.59. The number of carbonyl (C=O) groups is 1. The van der Waals surface area contributed by atoms with Gasteiger partial charge in [-0.05, 0) is 48.9 Å². The van der Waals surface area contributed by atoms with Gasteiger partial charge in [0.1, 0.15) is 0 Å². The van der Waals surface area contributed by atoms with Gasteiger partial charge in [0.15, 0.2) is 5.16 Å². The minimum atomic E-state index is -0.289. The molecule has 1 heterocycles. The smallest absolute Gasteiger partial charge is 0.266 e. The molecule has 0 unspecified atom stereocenters. The van der Waals surface area contributed by atoms with E-state index in [0.717, 1.165) is 15.6 Å². The number of aromatic nitrogens is 2. The van der Waals surface area contributed by atoms with Gasteiger partial charge in [0.2, 0.25) is 0 Å². The van der Waals surface area contributed by atoms with E-state index in [-0.39, 0.29) is 17.2 Å². The van der Waals surface area contributed by atoms with Crippen LogP contribution >= 0.6 is 27.7 Å².